The number of hydrogen-bond acceptors (Lipinski definition) is 3. The predicted molar refractivity (Wildman–Crippen MR) is 93.3 cm³/mol. The summed E-state index contributed by atoms with van der Waals surface area (Å²) < 4.78 is 5.80. The van der Waals surface area contributed by atoms with Crippen LogP contribution in [0.3, 0.4) is 0 Å². The molecule has 1 aliphatic rings. The molecule has 0 saturated heterocycles. The van der Waals surface area contributed by atoms with E-state index in [4.69, 9.17) is 4.74 Å². The summed E-state index contributed by atoms with van der Waals surface area (Å²) in [5.41, 5.74) is 2.41. The summed E-state index contributed by atoms with van der Waals surface area (Å²) in [5.74, 6) is 0.909. The number of aromatic nitrogens is 1. The SMILES string of the molecule is c1cncc(COc2ccc(CNC3CCCCCC3)cc2)c1. The van der Waals surface area contributed by atoms with Gasteiger partial charge in [0.2, 0.25) is 0 Å². The highest BCUT2D eigenvalue weighted by molar-refractivity contribution is 5.27. The van der Waals surface area contributed by atoms with E-state index in [1.54, 1.807) is 6.20 Å². The Morgan fingerprint density at radius 1 is 0.957 bits per heavy atom. The molecule has 1 N–H and O–H groups in total. The standard InChI is InChI=1S/C20H26N2O/c1-2-4-8-19(7-3-1)22-15-17-9-11-20(12-10-17)23-16-18-6-5-13-21-14-18/h5-6,9-14,19,22H,1-4,7-8,15-16H2. The summed E-state index contributed by atoms with van der Waals surface area (Å²) in [6.07, 6.45) is 11.8. The molecule has 1 fully saturated rings. The Morgan fingerprint density at radius 2 is 1.74 bits per heavy atom. The molecule has 1 saturated carbocycles. The van der Waals surface area contributed by atoms with Gasteiger partial charge in [0, 0.05) is 30.5 Å². The fourth-order valence-corrected chi connectivity index (χ4v) is 3.10. The van der Waals surface area contributed by atoms with E-state index in [0.717, 1.165) is 17.9 Å². The Kier molecular flexibility index (Phi) is 6.04. The van der Waals surface area contributed by atoms with Gasteiger partial charge in [-0.25, -0.2) is 0 Å². The van der Waals surface area contributed by atoms with E-state index in [9.17, 15) is 0 Å². The Hall–Kier alpha value is -1.87. The van der Waals surface area contributed by atoms with Crippen molar-refractivity contribution in [3.63, 3.8) is 0 Å². The third-order valence-electron chi connectivity index (χ3n) is 4.50. The van der Waals surface area contributed by atoms with Crippen molar-refractivity contribution in [2.24, 2.45) is 0 Å². The van der Waals surface area contributed by atoms with E-state index in [1.165, 1.54) is 44.1 Å². The number of pyridine rings is 1. The second-order valence-corrected chi connectivity index (χ2v) is 6.36. The molecule has 122 valence electrons. The molecule has 0 aliphatic heterocycles. The minimum atomic E-state index is 0.563. The van der Waals surface area contributed by atoms with Crippen molar-refractivity contribution in [1.29, 1.82) is 0 Å². The lowest BCUT2D eigenvalue weighted by molar-refractivity contribution is 0.305. The fraction of sp³-hybridized carbons (Fsp3) is 0.450. The van der Waals surface area contributed by atoms with Crippen molar-refractivity contribution in [1.82, 2.24) is 10.3 Å². The van der Waals surface area contributed by atoms with Crippen LogP contribution in [0.4, 0.5) is 0 Å². The number of nitrogens with zero attached hydrogens (tertiary/aromatic N) is 1. The zero-order valence-corrected chi connectivity index (χ0v) is 13.7. The molecule has 0 bridgehead atoms. The average Bonchev–Trinajstić information content (AvgIpc) is 2.89. The molecule has 3 heteroatoms. The van der Waals surface area contributed by atoms with Crippen LogP contribution in [0.1, 0.15) is 49.7 Å². The van der Waals surface area contributed by atoms with Gasteiger partial charge in [0.15, 0.2) is 0 Å². The first-order chi connectivity index (χ1) is 11.4. The van der Waals surface area contributed by atoms with Crippen LogP contribution in [0.2, 0.25) is 0 Å². The molecule has 0 amide bonds. The lowest BCUT2D eigenvalue weighted by Gasteiger charge is -2.16. The predicted octanol–water partition coefficient (Wildman–Crippen LogP) is 4.47. The van der Waals surface area contributed by atoms with Gasteiger partial charge in [-0.1, -0.05) is 43.9 Å². The highest BCUT2D eigenvalue weighted by Crippen LogP contribution is 2.18. The number of rotatable bonds is 6. The quantitative estimate of drug-likeness (QED) is 0.799. The number of ether oxygens (including phenoxy) is 1. The molecular formula is C20H26N2O. The van der Waals surface area contributed by atoms with Gasteiger partial charge < -0.3 is 10.1 Å². The summed E-state index contributed by atoms with van der Waals surface area (Å²) >= 11 is 0. The van der Waals surface area contributed by atoms with E-state index in [0.29, 0.717) is 12.6 Å². The number of hydrogen-bond donors (Lipinski definition) is 1. The van der Waals surface area contributed by atoms with Crippen molar-refractivity contribution in [2.75, 3.05) is 0 Å². The molecule has 0 unspecified atom stereocenters. The second-order valence-electron chi connectivity index (χ2n) is 6.36. The lowest BCUT2D eigenvalue weighted by atomic mass is 10.1. The van der Waals surface area contributed by atoms with Gasteiger partial charge in [-0.15, -0.1) is 0 Å². The first-order valence-corrected chi connectivity index (χ1v) is 8.74. The molecule has 0 radical (unpaired) electrons. The van der Waals surface area contributed by atoms with Crippen molar-refractivity contribution in [2.45, 2.75) is 57.7 Å². The monoisotopic (exact) mass is 310 g/mol. The molecule has 0 spiro atoms. The lowest BCUT2D eigenvalue weighted by Crippen LogP contribution is -2.27. The van der Waals surface area contributed by atoms with Crippen LogP contribution in [0.25, 0.3) is 0 Å². The van der Waals surface area contributed by atoms with Crippen LogP contribution in [-0.4, -0.2) is 11.0 Å². The third kappa shape index (κ3) is 5.36. The minimum absolute atomic E-state index is 0.563. The van der Waals surface area contributed by atoms with Crippen LogP contribution in [-0.2, 0) is 13.2 Å². The molecule has 1 aliphatic carbocycles. The molecule has 0 atom stereocenters. The zero-order valence-electron chi connectivity index (χ0n) is 13.7. The van der Waals surface area contributed by atoms with E-state index in [-0.39, 0.29) is 0 Å². The van der Waals surface area contributed by atoms with Crippen molar-refractivity contribution in [3.8, 4) is 5.75 Å². The minimum Gasteiger partial charge on any atom is -0.489 e. The van der Waals surface area contributed by atoms with Crippen LogP contribution in [0.15, 0.2) is 48.8 Å². The zero-order chi connectivity index (χ0) is 15.7. The van der Waals surface area contributed by atoms with Crippen molar-refractivity contribution < 1.29 is 4.74 Å². The maximum absolute atomic E-state index is 5.80. The van der Waals surface area contributed by atoms with E-state index >= 15 is 0 Å². The summed E-state index contributed by atoms with van der Waals surface area (Å²) in [6, 6.07) is 13.1. The molecule has 1 heterocycles. The first kappa shape index (κ1) is 16.0. The summed E-state index contributed by atoms with van der Waals surface area (Å²) in [7, 11) is 0. The number of nitrogens with one attached hydrogen (secondary N) is 1. The maximum Gasteiger partial charge on any atom is 0.119 e. The van der Waals surface area contributed by atoms with Gasteiger partial charge in [-0.2, -0.15) is 0 Å². The third-order valence-corrected chi connectivity index (χ3v) is 4.50. The normalized spacial score (nSPS) is 16.0. The topological polar surface area (TPSA) is 34.1 Å². The molecule has 2 aromatic rings. The van der Waals surface area contributed by atoms with Gasteiger partial charge in [-0.05, 0) is 36.6 Å². The van der Waals surface area contributed by atoms with Gasteiger partial charge in [-0.3, -0.25) is 4.98 Å². The van der Waals surface area contributed by atoms with Crippen LogP contribution in [0.5, 0.6) is 5.75 Å². The van der Waals surface area contributed by atoms with Gasteiger partial charge >= 0.3 is 0 Å². The van der Waals surface area contributed by atoms with Gasteiger partial charge in [0.25, 0.3) is 0 Å². The Balaban J connectivity index is 1.45. The highest BCUT2D eigenvalue weighted by Gasteiger charge is 2.11. The maximum atomic E-state index is 5.80. The summed E-state index contributed by atoms with van der Waals surface area (Å²) in [5, 5.41) is 3.71. The van der Waals surface area contributed by atoms with Crippen molar-refractivity contribution >= 4 is 0 Å². The molecule has 23 heavy (non-hydrogen) atoms. The largest absolute Gasteiger partial charge is 0.489 e. The fourth-order valence-electron chi connectivity index (χ4n) is 3.10. The molecular weight excluding hydrogens is 284 g/mol. The Morgan fingerprint density at radius 3 is 2.43 bits per heavy atom. The molecule has 3 nitrogen and oxygen atoms in total. The van der Waals surface area contributed by atoms with Crippen LogP contribution < -0.4 is 10.1 Å². The molecule has 1 aromatic carbocycles. The van der Waals surface area contributed by atoms with Crippen molar-refractivity contribution in [3.05, 3.63) is 59.9 Å². The highest BCUT2D eigenvalue weighted by atomic mass is 16.5. The van der Waals surface area contributed by atoms with Crippen LogP contribution in [0, 0.1) is 0 Å². The van der Waals surface area contributed by atoms with E-state index in [1.807, 2.05) is 18.3 Å². The van der Waals surface area contributed by atoms with E-state index < -0.39 is 0 Å². The summed E-state index contributed by atoms with van der Waals surface area (Å²) in [4.78, 5) is 4.10. The van der Waals surface area contributed by atoms with Crippen LogP contribution >= 0.6 is 0 Å². The van der Waals surface area contributed by atoms with Gasteiger partial charge in [0.05, 0.1) is 0 Å². The first-order valence-electron chi connectivity index (χ1n) is 8.74. The number of benzene rings is 1. The Bertz CT molecular complexity index is 560. The van der Waals surface area contributed by atoms with Gasteiger partial charge in [0.1, 0.15) is 12.4 Å². The van der Waals surface area contributed by atoms with E-state index in [2.05, 4.69) is 34.6 Å². The Labute approximate surface area is 139 Å². The smallest absolute Gasteiger partial charge is 0.119 e. The summed E-state index contributed by atoms with van der Waals surface area (Å²) in [6.45, 7) is 1.51. The second kappa shape index (κ2) is 8.68. The molecule has 3 rings (SSSR count). The average molecular weight is 310 g/mol. The molecule has 1 aromatic heterocycles.